The van der Waals surface area contributed by atoms with Crippen LogP contribution < -0.4 is 10.7 Å². The number of aromatic nitrogens is 1. The van der Waals surface area contributed by atoms with Gasteiger partial charge in [-0.05, 0) is 13.0 Å². The topological polar surface area (TPSA) is 101 Å². The van der Waals surface area contributed by atoms with Gasteiger partial charge in [-0.15, -0.1) is 0 Å². The van der Waals surface area contributed by atoms with Crippen molar-refractivity contribution in [1.29, 1.82) is 0 Å². The highest BCUT2D eigenvalue weighted by Gasteiger charge is 2.42. The number of carbonyl (C=O) groups is 2. The van der Waals surface area contributed by atoms with Crippen LogP contribution in [0.15, 0.2) is 34.5 Å². The number of amides is 2. The summed E-state index contributed by atoms with van der Waals surface area (Å²) in [7, 11) is 0. The maximum absolute atomic E-state index is 13.8. The summed E-state index contributed by atoms with van der Waals surface area (Å²) in [6.45, 7) is 2.03. The quantitative estimate of drug-likeness (QED) is 0.779. The predicted octanol–water partition coefficient (Wildman–Crippen LogP) is 1.01. The van der Waals surface area contributed by atoms with Crippen molar-refractivity contribution in [2.45, 2.75) is 38.3 Å². The Morgan fingerprint density at radius 3 is 2.90 bits per heavy atom. The number of halogens is 2. The molecule has 3 aliphatic rings. The van der Waals surface area contributed by atoms with Gasteiger partial charge in [0.2, 0.25) is 5.43 Å². The minimum Gasteiger partial charge on any atom is -0.503 e. The van der Waals surface area contributed by atoms with E-state index in [0.29, 0.717) is 6.61 Å². The van der Waals surface area contributed by atoms with Gasteiger partial charge in [-0.3, -0.25) is 14.4 Å². The Bertz CT molecular complexity index is 1020. The van der Waals surface area contributed by atoms with Crippen LogP contribution in [0.25, 0.3) is 0 Å². The minimum atomic E-state index is -1.41. The highest BCUT2D eigenvalue weighted by molar-refractivity contribution is 5.99. The number of allylic oxidation sites excluding steroid dienone is 2. The smallest absolute Gasteiger partial charge is 0.276 e. The predicted molar refractivity (Wildman–Crippen MR) is 96.9 cm³/mol. The van der Waals surface area contributed by atoms with Gasteiger partial charge in [0.05, 0.1) is 19.2 Å². The Labute approximate surface area is 164 Å². The summed E-state index contributed by atoms with van der Waals surface area (Å²) in [5, 5.41) is 12.7. The standard InChI is InChI=1S/C19H19F2N3O5/c1-9-8-29-14-7-23-6-12(16(25)17(26)15(23)19(28)24(9)14)18(27)22-5-10-2-3-11(20)4-13(10)21/h2-3,6,9,11,14,26H,4-5,7-8H2,1H3,(H,22,27)/t9-,11?,14+/m0/s1. The van der Waals surface area contributed by atoms with Crippen LogP contribution in [0, 0.1) is 0 Å². The van der Waals surface area contributed by atoms with Crippen molar-refractivity contribution in [2.75, 3.05) is 13.2 Å². The van der Waals surface area contributed by atoms with Crippen LogP contribution in [-0.4, -0.2) is 58.0 Å². The van der Waals surface area contributed by atoms with E-state index in [0.717, 1.165) is 0 Å². The molecule has 2 amide bonds. The van der Waals surface area contributed by atoms with Gasteiger partial charge in [0.15, 0.2) is 17.7 Å². The maximum atomic E-state index is 13.8. The summed E-state index contributed by atoms with van der Waals surface area (Å²) in [5.41, 5.74) is -1.47. The number of nitrogens with zero attached hydrogens (tertiary/aromatic N) is 2. The van der Waals surface area contributed by atoms with E-state index in [4.69, 9.17) is 4.74 Å². The molecular formula is C19H19F2N3O5. The molecule has 4 rings (SSSR count). The van der Waals surface area contributed by atoms with Crippen LogP contribution in [0.5, 0.6) is 5.75 Å². The van der Waals surface area contributed by atoms with Crippen LogP contribution in [0.3, 0.4) is 0 Å². The zero-order valence-corrected chi connectivity index (χ0v) is 15.5. The van der Waals surface area contributed by atoms with Gasteiger partial charge in [0.25, 0.3) is 11.8 Å². The van der Waals surface area contributed by atoms with E-state index in [2.05, 4.69) is 5.32 Å². The highest BCUT2D eigenvalue weighted by atomic mass is 19.1. The van der Waals surface area contributed by atoms with Gasteiger partial charge in [0.1, 0.15) is 17.6 Å². The SMILES string of the molecule is C[C@H]1CO[C@@H]2Cn3cc(C(=O)NCC4=C(F)CC(F)C=C4)c(=O)c(O)c3C(=O)N12. The lowest BCUT2D eigenvalue weighted by Gasteiger charge is -2.33. The van der Waals surface area contributed by atoms with Crippen molar-refractivity contribution in [2.24, 2.45) is 0 Å². The Hall–Kier alpha value is -3.01. The monoisotopic (exact) mass is 407 g/mol. The van der Waals surface area contributed by atoms with E-state index in [1.54, 1.807) is 6.92 Å². The molecule has 0 radical (unpaired) electrons. The summed E-state index contributed by atoms with van der Waals surface area (Å²) in [6, 6.07) is -0.200. The third-order valence-electron chi connectivity index (χ3n) is 5.27. The molecule has 2 aliphatic heterocycles. The Morgan fingerprint density at radius 1 is 1.41 bits per heavy atom. The number of carbonyl (C=O) groups excluding carboxylic acids is 2. The van der Waals surface area contributed by atoms with Gasteiger partial charge in [-0.2, -0.15) is 0 Å². The molecule has 0 spiro atoms. The Balaban J connectivity index is 1.60. The fourth-order valence-electron chi connectivity index (χ4n) is 3.74. The highest BCUT2D eigenvalue weighted by Crippen LogP contribution is 2.29. The van der Waals surface area contributed by atoms with Gasteiger partial charge in [-0.25, -0.2) is 8.78 Å². The molecular weight excluding hydrogens is 388 g/mol. The summed E-state index contributed by atoms with van der Waals surface area (Å²) >= 11 is 0. The first-order valence-electron chi connectivity index (χ1n) is 9.16. The Kier molecular flexibility index (Phi) is 4.73. The van der Waals surface area contributed by atoms with Crippen LogP contribution in [-0.2, 0) is 11.3 Å². The molecule has 154 valence electrons. The minimum absolute atomic E-state index is 0.105. The van der Waals surface area contributed by atoms with Gasteiger partial charge >= 0.3 is 0 Å². The first kappa shape index (κ1) is 19.3. The van der Waals surface area contributed by atoms with Gasteiger partial charge in [-0.1, -0.05) is 6.08 Å². The number of alkyl halides is 1. The molecule has 10 heteroatoms. The van der Waals surface area contributed by atoms with Crippen LogP contribution in [0.4, 0.5) is 8.78 Å². The van der Waals surface area contributed by atoms with Crippen molar-refractivity contribution < 1.29 is 28.2 Å². The number of fused-ring (bicyclic) bond motifs is 2. The van der Waals surface area contributed by atoms with Crippen LogP contribution >= 0.6 is 0 Å². The van der Waals surface area contributed by atoms with E-state index >= 15 is 0 Å². The molecule has 1 aromatic rings. The average molecular weight is 407 g/mol. The summed E-state index contributed by atoms with van der Waals surface area (Å²) in [5.74, 6) is -2.88. The molecule has 1 saturated heterocycles. The van der Waals surface area contributed by atoms with Crippen molar-refractivity contribution in [3.63, 3.8) is 0 Å². The fraction of sp³-hybridized carbons (Fsp3) is 0.421. The lowest BCUT2D eigenvalue weighted by molar-refractivity contribution is 0.00624. The lowest BCUT2D eigenvalue weighted by atomic mass is 10.0. The van der Waals surface area contributed by atoms with E-state index < -0.39 is 47.6 Å². The molecule has 0 bridgehead atoms. The van der Waals surface area contributed by atoms with Crippen LogP contribution in [0.2, 0.25) is 0 Å². The fourth-order valence-corrected chi connectivity index (χ4v) is 3.74. The number of aromatic hydroxyl groups is 1. The van der Waals surface area contributed by atoms with Gasteiger partial charge < -0.3 is 24.6 Å². The molecule has 2 N–H and O–H groups in total. The van der Waals surface area contributed by atoms with Crippen molar-refractivity contribution >= 4 is 11.8 Å². The van der Waals surface area contributed by atoms with Crippen molar-refractivity contribution in [1.82, 2.24) is 14.8 Å². The second-order valence-corrected chi connectivity index (χ2v) is 7.26. The van der Waals surface area contributed by atoms with Gasteiger partial charge in [0, 0.05) is 24.7 Å². The molecule has 1 fully saturated rings. The second kappa shape index (κ2) is 7.11. The number of nitrogens with one attached hydrogen (secondary N) is 1. The molecule has 0 saturated carbocycles. The van der Waals surface area contributed by atoms with E-state index in [1.165, 1.54) is 27.8 Å². The average Bonchev–Trinajstić information content (AvgIpc) is 3.04. The first-order chi connectivity index (χ1) is 13.8. The Morgan fingerprint density at radius 2 is 2.17 bits per heavy atom. The molecule has 1 aromatic heterocycles. The summed E-state index contributed by atoms with van der Waals surface area (Å²) in [4.78, 5) is 39.1. The number of rotatable bonds is 3. The zero-order chi connectivity index (χ0) is 20.9. The maximum Gasteiger partial charge on any atom is 0.276 e. The number of pyridine rings is 1. The summed E-state index contributed by atoms with van der Waals surface area (Å²) < 4.78 is 33.8. The lowest BCUT2D eigenvalue weighted by Crippen LogP contribution is -2.49. The molecule has 1 unspecified atom stereocenters. The van der Waals surface area contributed by atoms with Crippen LogP contribution in [0.1, 0.15) is 34.2 Å². The third kappa shape index (κ3) is 3.23. The van der Waals surface area contributed by atoms with Crippen molar-refractivity contribution in [3.05, 3.63) is 51.2 Å². The zero-order valence-electron chi connectivity index (χ0n) is 15.5. The third-order valence-corrected chi connectivity index (χ3v) is 5.27. The molecule has 0 aromatic carbocycles. The molecule has 8 nitrogen and oxygen atoms in total. The molecule has 1 aliphatic carbocycles. The van der Waals surface area contributed by atoms with E-state index in [9.17, 15) is 28.3 Å². The van der Waals surface area contributed by atoms with E-state index in [1.807, 2.05) is 0 Å². The first-order valence-corrected chi connectivity index (χ1v) is 9.16. The number of hydrogen-bond donors (Lipinski definition) is 2. The normalized spacial score (nSPS) is 25.8. The van der Waals surface area contributed by atoms with E-state index in [-0.39, 0.29) is 36.0 Å². The molecule has 29 heavy (non-hydrogen) atoms. The summed E-state index contributed by atoms with van der Waals surface area (Å²) in [6.07, 6.45) is 1.25. The number of hydrogen-bond acceptors (Lipinski definition) is 5. The molecule has 3 atom stereocenters. The molecule has 3 heterocycles. The number of ether oxygens (including phenoxy) is 1. The van der Waals surface area contributed by atoms with Crippen molar-refractivity contribution in [3.8, 4) is 5.75 Å². The largest absolute Gasteiger partial charge is 0.503 e. The second-order valence-electron chi connectivity index (χ2n) is 7.26.